The first-order chi connectivity index (χ1) is 17.4. The first kappa shape index (κ1) is 24.6. The molecule has 0 atom stereocenters. The van der Waals surface area contributed by atoms with Crippen LogP contribution in [-0.2, 0) is 22.9 Å². The summed E-state index contributed by atoms with van der Waals surface area (Å²) in [5.74, 6) is 0.926. The normalized spacial score (nSPS) is 17.2. The molecule has 0 amide bonds. The summed E-state index contributed by atoms with van der Waals surface area (Å²) in [6, 6.07) is 22.5. The van der Waals surface area contributed by atoms with E-state index in [1.54, 1.807) is 6.07 Å². The topological polar surface area (TPSA) is 58.6 Å². The van der Waals surface area contributed by atoms with Gasteiger partial charge >= 0.3 is 0 Å². The molecule has 3 aromatic rings. The smallest absolute Gasteiger partial charge is 0.229 e. The standard InChI is InChI=1S/C30H34N2O3S/c1-36(33,34)31-26-10-7-8-23(20-26)21-30-28-11-4-3-9-24(28)12-13-25-22-27(14-15-29(25)30)35-19-18-32-16-5-2-6-17-32/h3-4,7-11,14-15,20-22,31H,2,5-6,12-13,16-19H2,1H3. The van der Waals surface area contributed by atoms with Crippen LogP contribution < -0.4 is 9.46 Å². The zero-order valence-electron chi connectivity index (χ0n) is 20.9. The van der Waals surface area contributed by atoms with E-state index in [0.717, 1.165) is 36.3 Å². The van der Waals surface area contributed by atoms with Crippen molar-refractivity contribution in [3.05, 3.63) is 94.5 Å². The van der Waals surface area contributed by atoms with Crippen LogP contribution in [0, 0.1) is 0 Å². The third kappa shape index (κ3) is 6.18. The van der Waals surface area contributed by atoms with Gasteiger partial charge < -0.3 is 4.74 Å². The Hall–Kier alpha value is -3.09. The summed E-state index contributed by atoms with van der Waals surface area (Å²) in [6.07, 6.45) is 9.17. The third-order valence-electron chi connectivity index (χ3n) is 6.96. The number of anilines is 1. The van der Waals surface area contributed by atoms with Gasteiger partial charge in [-0.05, 0) is 103 Å². The van der Waals surface area contributed by atoms with Crippen molar-refractivity contribution in [3.8, 4) is 5.75 Å². The number of sulfonamides is 1. The molecule has 1 aliphatic heterocycles. The number of aryl methyl sites for hydroxylation is 2. The summed E-state index contributed by atoms with van der Waals surface area (Å²) in [6.45, 7) is 4.05. The lowest BCUT2D eigenvalue weighted by Gasteiger charge is -2.26. The molecule has 1 N–H and O–H groups in total. The predicted octanol–water partition coefficient (Wildman–Crippen LogP) is 5.61. The van der Waals surface area contributed by atoms with Gasteiger partial charge in [0.05, 0.1) is 6.26 Å². The maximum Gasteiger partial charge on any atom is 0.229 e. The summed E-state index contributed by atoms with van der Waals surface area (Å²) in [4.78, 5) is 2.50. The minimum absolute atomic E-state index is 0.562. The van der Waals surface area contributed by atoms with Crippen molar-refractivity contribution in [1.29, 1.82) is 0 Å². The fraction of sp³-hybridized carbons (Fsp3) is 0.333. The Balaban J connectivity index is 1.44. The molecule has 2 aliphatic rings. The van der Waals surface area contributed by atoms with Crippen LogP contribution in [0.15, 0.2) is 66.7 Å². The number of nitrogens with zero attached hydrogens (tertiary/aromatic N) is 1. The molecule has 1 fully saturated rings. The molecule has 0 aromatic heterocycles. The number of ether oxygens (including phenoxy) is 1. The van der Waals surface area contributed by atoms with E-state index in [2.05, 4.69) is 58.2 Å². The van der Waals surface area contributed by atoms with E-state index in [1.165, 1.54) is 60.9 Å². The molecule has 1 aliphatic carbocycles. The lowest BCUT2D eigenvalue weighted by molar-refractivity contribution is 0.183. The predicted molar refractivity (Wildman–Crippen MR) is 148 cm³/mol. The summed E-state index contributed by atoms with van der Waals surface area (Å²) < 4.78 is 32.2. The van der Waals surface area contributed by atoms with E-state index >= 15 is 0 Å². The van der Waals surface area contributed by atoms with E-state index in [0.29, 0.717) is 12.3 Å². The van der Waals surface area contributed by atoms with Crippen LogP contribution in [-0.4, -0.2) is 45.8 Å². The molecule has 1 heterocycles. The second-order valence-corrected chi connectivity index (χ2v) is 11.5. The minimum Gasteiger partial charge on any atom is -0.492 e. The zero-order chi connectivity index (χ0) is 25.0. The number of nitrogens with one attached hydrogen (secondary N) is 1. The molecule has 0 spiro atoms. The number of hydrogen-bond donors (Lipinski definition) is 1. The van der Waals surface area contributed by atoms with Crippen LogP contribution >= 0.6 is 0 Å². The van der Waals surface area contributed by atoms with Gasteiger partial charge in [0, 0.05) is 12.2 Å². The maximum absolute atomic E-state index is 11.7. The van der Waals surface area contributed by atoms with Crippen molar-refractivity contribution >= 4 is 27.4 Å². The van der Waals surface area contributed by atoms with Gasteiger partial charge in [0.1, 0.15) is 12.4 Å². The Morgan fingerprint density at radius 1 is 0.889 bits per heavy atom. The third-order valence-corrected chi connectivity index (χ3v) is 7.57. The number of likely N-dealkylation sites (tertiary alicyclic amines) is 1. The molecule has 36 heavy (non-hydrogen) atoms. The molecule has 0 radical (unpaired) electrons. The van der Waals surface area contributed by atoms with E-state index in [-0.39, 0.29) is 0 Å². The molecule has 0 unspecified atom stereocenters. The number of fused-ring (bicyclic) bond motifs is 2. The molecule has 0 bridgehead atoms. The van der Waals surface area contributed by atoms with E-state index in [4.69, 9.17) is 4.74 Å². The molecular formula is C30H34N2O3S. The van der Waals surface area contributed by atoms with Crippen LogP contribution in [0.4, 0.5) is 5.69 Å². The molecule has 0 saturated carbocycles. The second kappa shape index (κ2) is 10.9. The zero-order valence-corrected chi connectivity index (χ0v) is 21.7. The van der Waals surface area contributed by atoms with Crippen molar-refractivity contribution in [2.75, 3.05) is 37.2 Å². The first-order valence-electron chi connectivity index (χ1n) is 12.8. The van der Waals surface area contributed by atoms with Gasteiger partial charge in [-0.2, -0.15) is 0 Å². The van der Waals surface area contributed by atoms with Crippen molar-refractivity contribution in [3.63, 3.8) is 0 Å². The van der Waals surface area contributed by atoms with Crippen LogP contribution in [0.1, 0.15) is 47.1 Å². The molecule has 6 heteroatoms. The molecule has 188 valence electrons. The minimum atomic E-state index is -3.34. The van der Waals surface area contributed by atoms with E-state index in [9.17, 15) is 8.42 Å². The van der Waals surface area contributed by atoms with Gasteiger partial charge in [0.15, 0.2) is 0 Å². The highest BCUT2D eigenvalue weighted by Gasteiger charge is 2.19. The fourth-order valence-corrected chi connectivity index (χ4v) is 5.80. The summed E-state index contributed by atoms with van der Waals surface area (Å²) >= 11 is 0. The van der Waals surface area contributed by atoms with Gasteiger partial charge in [-0.1, -0.05) is 48.9 Å². The molecule has 1 saturated heterocycles. The first-order valence-corrected chi connectivity index (χ1v) is 14.7. The average molecular weight is 503 g/mol. The van der Waals surface area contributed by atoms with Gasteiger partial charge in [0.2, 0.25) is 10.0 Å². The Morgan fingerprint density at radius 3 is 2.50 bits per heavy atom. The van der Waals surface area contributed by atoms with Crippen LogP contribution in [0.2, 0.25) is 0 Å². The second-order valence-electron chi connectivity index (χ2n) is 9.78. The number of benzene rings is 3. The Morgan fingerprint density at radius 2 is 1.67 bits per heavy atom. The van der Waals surface area contributed by atoms with Crippen molar-refractivity contribution in [1.82, 2.24) is 4.90 Å². The maximum atomic E-state index is 11.7. The molecule has 3 aromatic carbocycles. The molecule has 5 rings (SSSR count). The lowest BCUT2D eigenvalue weighted by atomic mass is 9.92. The quantitative estimate of drug-likeness (QED) is 0.456. The fourth-order valence-electron chi connectivity index (χ4n) is 5.25. The number of rotatable bonds is 7. The van der Waals surface area contributed by atoms with Gasteiger partial charge in [-0.15, -0.1) is 0 Å². The van der Waals surface area contributed by atoms with Gasteiger partial charge in [-0.3, -0.25) is 9.62 Å². The number of hydrogen-bond acceptors (Lipinski definition) is 4. The average Bonchev–Trinajstić information content (AvgIpc) is 3.01. The highest BCUT2D eigenvalue weighted by Crippen LogP contribution is 2.36. The Labute approximate surface area is 214 Å². The summed E-state index contributed by atoms with van der Waals surface area (Å²) in [7, 11) is -3.34. The SMILES string of the molecule is CS(=O)(=O)Nc1cccc(C=C2c3ccccc3CCc3cc(OCCN4CCCCC4)ccc32)c1. The lowest BCUT2D eigenvalue weighted by Crippen LogP contribution is -2.33. The van der Waals surface area contributed by atoms with Crippen LogP contribution in [0.5, 0.6) is 5.75 Å². The van der Waals surface area contributed by atoms with Crippen molar-refractivity contribution in [2.45, 2.75) is 32.1 Å². The summed E-state index contributed by atoms with van der Waals surface area (Å²) in [5.41, 5.74) is 7.67. The van der Waals surface area contributed by atoms with Crippen LogP contribution in [0.25, 0.3) is 11.6 Å². The summed E-state index contributed by atoms with van der Waals surface area (Å²) in [5, 5.41) is 0. The van der Waals surface area contributed by atoms with Crippen molar-refractivity contribution < 1.29 is 13.2 Å². The largest absolute Gasteiger partial charge is 0.492 e. The highest BCUT2D eigenvalue weighted by atomic mass is 32.2. The monoisotopic (exact) mass is 502 g/mol. The van der Waals surface area contributed by atoms with Crippen molar-refractivity contribution in [2.24, 2.45) is 0 Å². The van der Waals surface area contributed by atoms with E-state index < -0.39 is 10.0 Å². The van der Waals surface area contributed by atoms with E-state index in [1.807, 2.05) is 18.2 Å². The number of piperidine rings is 1. The molecule has 5 nitrogen and oxygen atoms in total. The van der Waals surface area contributed by atoms with Gasteiger partial charge in [0.25, 0.3) is 0 Å². The van der Waals surface area contributed by atoms with Gasteiger partial charge in [-0.25, -0.2) is 8.42 Å². The Kier molecular flexibility index (Phi) is 7.44. The highest BCUT2D eigenvalue weighted by molar-refractivity contribution is 7.92. The molecular weight excluding hydrogens is 468 g/mol. The Bertz CT molecular complexity index is 1360. The van der Waals surface area contributed by atoms with Crippen LogP contribution in [0.3, 0.4) is 0 Å².